The van der Waals surface area contributed by atoms with Crippen LogP contribution in [0.15, 0.2) is 27.7 Å². The Morgan fingerprint density at radius 3 is 2.48 bits per heavy atom. The van der Waals surface area contributed by atoms with E-state index in [9.17, 15) is 9.18 Å². The smallest absolute Gasteiger partial charge is 0.239 e. The van der Waals surface area contributed by atoms with Gasteiger partial charge in [-0.05, 0) is 54.4 Å². The number of carbonyl (C=O) groups is 1. The predicted octanol–water partition coefficient (Wildman–Crippen LogP) is 2.20. The van der Waals surface area contributed by atoms with Crippen LogP contribution in [0.4, 0.5) is 4.39 Å². The first-order chi connectivity index (χ1) is 12.7. The largest absolute Gasteiger partial charge is 0.350 e. The summed E-state index contributed by atoms with van der Waals surface area (Å²) in [6, 6.07) is 5.26. The van der Waals surface area contributed by atoms with Crippen LogP contribution in [0.2, 0.25) is 0 Å². The molecule has 8 heteroatoms. The maximum Gasteiger partial charge on any atom is 0.239 e. The highest BCUT2D eigenvalue weighted by molar-refractivity contribution is 9.10. The molecule has 0 unspecified atom stereocenters. The normalized spacial score (nSPS) is 16.4. The first-order valence-electron chi connectivity index (χ1n) is 9.11. The van der Waals surface area contributed by atoms with E-state index in [-0.39, 0.29) is 23.8 Å². The third-order valence-electron chi connectivity index (χ3n) is 4.20. The van der Waals surface area contributed by atoms with E-state index in [0.717, 1.165) is 44.2 Å². The summed E-state index contributed by atoms with van der Waals surface area (Å²) in [6.07, 6.45) is 0. The van der Waals surface area contributed by atoms with Crippen molar-refractivity contribution < 1.29 is 9.18 Å². The van der Waals surface area contributed by atoms with Gasteiger partial charge in [-0.15, -0.1) is 0 Å². The highest BCUT2D eigenvalue weighted by Crippen LogP contribution is 2.18. The molecule has 1 saturated heterocycles. The Morgan fingerprint density at radius 2 is 1.93 bits per heavy atom. The van der Waals surface area contributed by atoms with Crippen molar-refractivity contribution in [2.24, 2.45) is 4.99 Å². The fourth-order valence-corrected chi connectivity index (χ4v) is 3.21. The number of piperazine rings is 1. The lowest BCUT2D eigenvalue weighted by molar-refractivity contribution is -0.121. The lowest BCUT2D eigenvalue weighted by atomic mass is 10.1. The minimum Gasteiger partial charge on any atom is -0.350 e. The van der Waals surface area contributed by atoms with Gasteiger partial charge >= 0.3 is 0 Å². The maximum atomic E-state index is 13.7. The number of amides is 1. The van der Waals surface area contributed by atoms with Gasteiger partial charge in [0.25, 0.3) is 0 Å². The van der Waals surface area contributed by atoms with E-state index in [1.54, 1.807) is 19.2 Å². The molecule has 0 saturated carbocycles. The van der Waals surface area contributed by atoms with Gasteiger partial charge in [-0.2, -0.15) is 0 Å². The fraction of sp³-hybridized carbons (Fsp3) is 0.579. The molecule has 1 aromatic carbocycles. The molecule has 0 atom stereocenters. The van der Waals surface area contributed by atoms with Gasteiger partial charge in [0.2, 0.25) is 5.91 Å². The van der Waals surface area contributed by atoms with Crippen LogP contribution in [0.25, 0.3) is 0 Å². The van der Waals surface area contributed by atoms with Crippen LogP contribution in [-0.2, 0) is 11.3 Å². The van der Waals surface area contributed by atoms with Crippen molar-refractivity contribution in [3.05, 3.63) is 34.1 Å². The van der Waals surface area contributed by atoms with E-state index in [4.69, 9.17) is 0 Å². The minimum absolute atomic E-state index is 0.0560. The van der Waals surface area contributed by atoms with Gasteiger partial charge in [0.15, 0.2) is 5.96 Å². The maximum absolute atomic E-state index is 13.7. The second kappa shape index (κ2) is 9.50. The lowest BCUT2D eigenvalue weighted by Gasteiger charge is -2.36. The van der Waals surface area contributed by atoms with E-state index >= 15 is 0 Å². The van der Waals surface area contributed by atoms with Crippen molar-refractivity contribution in [2.75, 3.05) is 39.8 Å². The van der Waals surface area contributed by atoms with Crippen molar-refractivity contribution in [3.63, 3.8) is 0 Å². The molecule has 2 N–H and O–H groups in total. The Morgan fingerprint density at radius 1 is 1.26 bits per heavy atom. The molecule has 0 aliphatic carbocycles. The molecule has 0 aromatic heterocycles. The average molecular weight is 442 g/mol. The Hall–Kier alpha value is -1.67. The molecule has 2 rings (SSSR count). The van der Waals surface area contributed by atoms with Crippen molar-refractivity contribution in [2.45, 2.75) is 32.9 Å². The highest BCUT2D eigenvalue weighted by atomic mass is 79.9. The molecule has 0 bridgehead atoms. The van der Waals surface area contributed by atoms with Gasteiger partial charge < -0.3 is 15.5 Å². The molecule has 6 nitrogen and oxygen atoms in total. The van der Waals surface area contributed by atoms with Gasteiger partial charge in [-0.25, -0.2) is 4.39 Å². The zero-order valence-electron chi connectivity index (χ0n) is 16.5. The number of halogens is 2. The number of nitrogens with zero attached hydrogens (tertiary/aromatic N) is 3. The first-order valence-corrected chi connectivity index (χ1v) is 9.90. The molecule has 27 heavy (non-hydrogen) atoms. The Bertz CT molecular complexity index is 681. The summed E-state index contributed by atoms with van der Waals surface area (Å²) >= 11 is 3.18. The van der Waals surface area contributed by atoms with Gasteiger partial charge in [-0.1, -0.05) is 6.07 Å². The van der Waals surface area contributed by atoms with E-state index in [1.807, 2.05) is 26.8 Å². The van der Waals surface area contributed by atoms with E-state index in [0.29, 0.717) is 4.47 Å². The quantitative estimate of drug-likeness (QED) is 0.555. The lowest BCUT2D eigenvalue weighted by Crippen LogP contribution is -2.54. The number of nitrogens with one attached hydrogen (secondary N) is 2. The van der Waals surface area contributed by atoms with Crippen molar-refractivity contribution in [1.82, 2.24) is 20.4 Å². The summed E-state index contributed by atoms with van der Waals surface area (Å²) < 4.78 is 14.2. The molecule has 1 aromatic rings. The summed E-state index contributed by atoms with van der Waals surface area (Å²) in [4.78, 5) is 20.7. The summed E-state index contributed by atoms with van der Waals surface area (Å²) in [5, 5.41) is 6.06. The van der Waals surface area contributed by atoms with Gasteiger partial charge in [0.05, 0.1) is 11.0 Å². The number of hydrogen-bond donors (Lipinski definition) is 2. The van der Waals surface area contributed by atoms with Gasteiger partial charge in [-0.3, -0.25) is 14.7 Å². The Kier molecular flexibility index (Phi) is 7.61. The molecule has 150 valence electrons. The van der Waals surface area contributed by atoms with Crippen LogP contribution in [0.3, 0.4) is 0 Å². The zero-order chi connectivity index (χ0) is 20.0. The Balaban J connectivity index is 1.80. The van der Waals surface area contributed by atoms with Crippen LogP contribution in [0.5, 0.6) is 0 Å². The van der Waals surface area contributed by atoms with Crippen molar-refractivity contribution in [3.8, 4) is 0 Å². The Labute approximate surface area is 169 Å². The molecule has 1 amide bonds. The van der Waals surface area contributed by atoms with Gasteiger partial charge in [0, 0.05) is 45.3 Å². The van der Waals surface area contributed by atoms with E-state index in [1.165, 1.54) is 0 Å². The molecular weight excluding hydrogens is 413 g/mol. The molecular formula is C19H29BrFN5O. The predicted molar refractivity (Wildman–Crippen MR) is 110 cm³/mol. The topological polar surface area (TPSA) is 60.0 Å². The number of guanidine groups is 1. The number of benzene rings is 1. The fourth-order valence-electron chi connectivity index (χ4n) is 2.97. The molecule has 1 heterocycles. The third-order valence-corrected chi connectivity index (χ3v) is 4.84. The molecule has 1 aliphatic heterocycles. The number of rotatable bonds is 4. The zero-order valence-corrected chi connectivity index (χ0v) is 18.1. The van der Waals surface area contributed by atoms with Crippen LogP contribution < -0.4 is 10.6 Å². The number of hydrogen-bond acceptors (Lipinski definition) is 3. The second-order valence-corrected chi connectivity index (χ2v) is 8.56. The first kappa shape index (κ1) is 21.6. The van der Waals surface area contributed by atoms with Crippen molar-refractivity contribution >= 4 is 27.8 Å². The van der Waals surface area contributed by atoms with Crippen LogP contribution in [0.1, 0.15) is 26.3 Å². The summed E-state index contributed by atoms with van der Waals surface area (Å²) in [5.41, 5.74) is 0.714. The average Bonchev–Trinajstić information content (AvgIpc) is 2.58. The summed E-state index contributed by atoms with van der Waals surface area (Å²) in [5.74, 6) is 0.442. The van der Waals surface area contributed by atoms with Crippen molar-refractivity contribution in [1.29, 1.82) is 0 Å². The summed E-state index contributed by atoms with van der Waals surface area (Å²) in [6.45, 7) is 10.1. The number of carbonyl (C=O) groups excluding carboxylic acids is 1. The molecule has 0 radical (unpaired) electrons. The van der Waals surface area contributed by atoms with Crippen LogP contribution in [-0.4, -0.2) is 67.0 Å². The summed E-state index contributed by atoms with van der Waals surface area (Å²) in [7, 11) is 1.72. The molecule has 1 aliphatic rings. The highest BCUT2D eigenvalue weighted by Gasteiger charge is 2.21. The van der Waals surface area contributed by atoms with E-state index < -0.39 is 0 Å². The van der Waals surface area contributed by atoms with Crippen LogP contribution in [0, 0.1) is 5.82 Å². The molecule has 0 spiro atoms. The monoisotopic (exact) mass is 441 g/mol. The third kappa shape index (κ3) is 7.10. The number of aliphatic imine (C=N–C) groups is 1. The van der Waals surface area contributed by atoms with Gasteiger partial charge in [0.1, 0.15) is 5.82 Å². The SMILES string of the molecule is CN=C(NCC(=O)NC(C)(C)C)N1CCN(Cc2ccc(Br)c(F)c2)CC1. The second-order valence-electron chi connectivity index (χ2n) is 7.71. The minimum atomic E-state index is -0.250. The van der Waals surface area contributed by atoms with E-state index in [2.05, 4.69) is 41.4 Å². The molecule has 1 fully saturated rings. The van der Waals surface area contributed by atoms with Crippen LogP contribution >= 0.6 is 15.9 Å². The standard InChI is InChI=1S/C19H29BrFN5O/c1-19(2,3)24-17(27)12-23-18(22-4)26-9-7-25(8-10-26)13-14-5-6-15(20)16(21)11-14/h5-6,11H,7-10,12-13H2,1-4H3,(H,22,23)(H,24,27).